The van der Waals surface area contributed by atoms with Crippen LogP contribution < -0.4 is 34.3 Å². The molecular weight excluding hydrogens is 311 g/mol. The van der Waals surface area contributed by atoms with Crippen molar-refractivity contribution in [2.24, 2.45) is 5.41 Å². The minimum Gasteiger partial charge on any atom is -0.745 e. The Balaban J connectivity index is 0.00000441. The van der Waals surface area contributed by atoms with Gasteiger partial charge < -0.3 is 9.29 Å². The number of hydrogen-bond donors (Lipinski definition) is 0. The molecule has 0 fully saturated rings. The summed E-state index contributed by atoms with van der Waals surface area (Å²) in [6, 6.07) is 7.30. The minimum absolute atomic E-state index is 0. The molecule has 1 rings (SSSR count). The summed E-state index contributed by atoms with van der Waals surface area (Å²) in [5.41, 5.74) is -0.562. The molecule has 1 aromatic carbocycles. The first kappa shape index (κ1) is 21.9. The van der Waals surface area contributed by atoms with Crippen LogP contribution in [0.15, 0.2) is 24.3 Å². The maximum absolute atomic E-state index is 11.0. The van der Waals surface area contributed by atoms with E-state index >= 15 is 0 Å². The first-order valence-corrected chi connectivity index (χ1v) is 8.51. The van der Waals surface area contributed by atoms with Crippen LogP contribution in [0.2, 0.25) is 0 Å². The molecule has 0 heterocycles. The smallest absolute Gasteiger partial charge is 0.745 e. The average Bonchev–Trinajstić information content (AvgIpc) is 2.24. The summed E-state index contributed by atoms with van der Waals surface area (Å²) in [5.74, 6) is 0.457. The molecule has 0 aliphatic heterocycles. The van der Waals surface area contributed by atoms with Crippen molar-refractivity contribution in [3.8, 4) is 5.75 Å². The van der Waals surface area contributed by atoms with Crippen molar-refractivity contribution < 1.29 is 47.3 Å². The van der Waals surface area contributed by atoms with Crippen LogP contribution in [0.4, 0.5) is 0 Å². The van der Waals surface area contributed by atoms with Crippen molar-refractivity contribution in [3.63, 3.8) is 0 Å². The van der Waals surface area contributed by atoms with Crippen LogP contribution in [0, 0.1) is 5.41 Å². The summed E-state index contributed by atoms with van der Waals surface area (Å²) < 4.78 is 38.5. The van der Waals surface area contributed by atoms with Crippen molar-refractivity contribution >= 4 is 10.1 Å². The maximum atomic E-state index is 11.0. The summed E-state index contributed by atoms with van der Waals surface area (Å²) >= 11 is 0. The number of rotatable bonds is 5. The third-order valence-corrected chi connectivity index (χ3v) is 4.20. The number of benzene rings is 1. The number of hydrogen-bond acceptors (Lipinski definition) is 4. The molecule has 0 amide bonds. The van der Waals surface area contributed by atoms with Crippen molar-refractivity contribution in [1.29, 1.82) is 0 Å². The van der Waals surface area contributed by atoms with Gasteiger partial charge in [0.05, 0.1) is 0 Å². The standard InChI is InChI=1S/C16H26O4S.Na/c1-12(21(17,18)19)20-14-10-8-7-9-13(14)16(5,6)11-15(2,3)4;/h7-10,12H,11H2,1-6H3,(H,17,18,19);/q;+1/p-1. The molecule has 120 valence electrons. The third-order valence-electron chi connectivity index (χ3n) is 3.29. The molecule has 0 saturated heterocycles. The van der Waals surface area contributed by atoms with Crippen molar-refractivity contribution in [2.45, 2.75) is 58.8 Å². The van der Waals surface area contributed by atoms with Gasteiger partial charge >= 0.3 is 29.6 Å². The van der Waals surface area contributed by atoms with Gasteiger partial charge in [0, 0.05) is 0 Å². The number of para-hydroxylation sites is 1. The van der Waals surface area contributed by atoms with E-state index < -0.39 is 15.6 Å². The van der Waals surface area contributed by atoms with Crippen LogP contribution in [-0.2, 0) is 15.5 Å². The molecule has 1 atom stereocenters. The number of ether oxygens (including phenoxy) is 1. The van der Waals surface area contributed by atoms with Gasteiger partial charge in [0.2, 0.25) is 0 Å². The van der Waals surface area contributed by atoms with Gasteiger partial charge in [-0.3, -0.25) is 0 Å². The molecule has 0 radical (unpaired) electrons. The average molecular weight is 336 g/mol. The summed E-state index contributed by atoms with van der Waals surface area (Å²) in [6.07, 6.45) is 0.902. The first-order valence-electron chi connectivity index (χ1n) is 7.04. The van der Waals surface area contributed by atoms with Gasteiger partial charge in [-0.25, -0.2) is 8.42 Å². The van der Waals surface area contributed by atoms with Crippen molar-refractivity contribution in [1.82, 2.24) is 0 Å². The predicted molar refractivity (Wildman–Crippen MR) is 83.3 cm³/mol. The zero-order valence-electron chi connectivity index (χ0n) is 14.6. The largest absolute Gasteiger partial charge is 1.00 e. The van der Waals surface area contributed by atoms with Crippen LogP contribution >= 0.6 is 0 Å². The first-order chi connectivity index (χ1) is 9.33. The second-order valence-electron chi connectivity index (χ2n) is 7.30. The summed E-state index contributed by atoms with van der Waals surface area (Å²) in [4.78, 5) is 0. The Morgan fingerprint density at radius 1 is 1.14 bits per heavy atom. The van der Waals surface area contributed by atoms with Gasteiger partial charge in [-0.15, -0.1) is 0 Å². The van der Waals surface area contributed by atoms with Gasteiger partial charge in [-0.05, 0) is 35.8 Å². The molecule has 0 aliphatic carbocycles. The summed E-state index contributed by atoms with van der Waals surface area (Å²) in [7, 11) is -4.47. The van der Waals surface area contributed by atoms with E-state index in [0.717, 1.165) is 12.0 Å². The molecule has 4 nitrogen and oxygen atoms in total. The molecule has 0 aromatic heterocycles. The van der Waals surface area contributed by atoms with Crippen molar-refractivity contribution in [2.75, 3.05) is 0 Å². The Labute approximate surface area is 156 Å². The molecule has 1 aromatic rings. The van der Waals surface area contributed by atoms with E-state index in [-0.39, 0.29) is 40.4 Å². The zero-order chi connectivity index (χ0) is 16.5. The van der Waals surface area contributed by atoms with E-state index in [2.05, 4.69) is 34.6 Å². The molecule has 0 aliphatic rings. The second-order valence-corrected chi connectivity index (χ2v) is 8.95. The summed E-state index contributed by atoms with van der Waals surface area (Å²) in [5, 5.41) is 0. The second kappa shape index (κ2) is 7.67. The Hall–Kier alpha value is -0.0700. The molecule has 0 saturated carbocycles. The van der Waals surface area contributed by atoms with Gasteiger partial charge in [0.1, 0.15) is 15.9 Å². The molecule has 22 heavy (non-hydrogen) atoms. The van der Waals surface area contributed by atoms with Crippen LogP contribution in [0.25, 0.3) is 0 Å². The van der Waals surface area contributed by atoms with E-state index in [0.29, 0.717) is 5.75 Å². The monoisotopic (exact) mass is 336 g/mol. The molecule has 6 heteroatoms. The van der Waals surface area contributed by atoms with Gasteiger partial charge in [0.25, 0.3) is 0 Å². The molecular formula is C16H25NaO4S. The molecule has 1 unspecified atom stereocenters. The fourth-order valence-corrected chi connectivity index (χ4v) is 3.01. The predicted octanol–water partition coefficient (Wildman–Crippen LogP) is 0.674. The molecule has 0 spiro atoms. The van der Waals surface area contributed by atoms with Crippen LogP contribution in [-0.4, -0.2) is 18.4 Å². The van der Waals surface area contributed by atoms with E-state index in [4.69, 9.17) is 4.74 Å². The fraction of sp³-hybridized carbons (Fsp3) is 0.625. The van der Waals surface area contributed by atoms with Gasteiger partial charge in [-0.1, -0.05) is 52.8 Å². The zero-order valence-corrected chi connectivity index (χ0v) is 17.5. The molecule has 0 N–H and O–H groups in total. The SMILES string of the molecule is CC(Oc1ccccc1C(C)(C)CC(C)(C)C)S(=O)(=O)[O-].[Na+]. The van der Waals surface area contributed by atoms with E-state index in [1.54, 1.807) is 12.1 Å². The van der Waals surface area contributed by atoms with Crippen LogP contribution in [0.3, 0.4) is 0 Å². The Morgan fingerprint density at radius 2 is 1.64 bits per heavy atom. The normalized spacial score (nSPS) is 14.1. The maximum Gasteiger partial charge on any atom is 1.00 e. The minimum atomic E-state index is -4.47. The Kier molecular flexibility index (Phi) is 7.64. The Bertz CT molecular complexity index is 588. The quantitative estimate of drug-likeness (QED) is 0.586. The van der Waals surface area contributed by atoms with E-state index in [1.165, 1.54) is 6.92 Å². The summed E-state index contributed by atoms with van der Waals surface area (Å²) in [6.45, 7) is 11.9. The molecule has 0 bridgehead atoms. The van der Waals surface area contributed by atoms with E-state index in [1.807, 2.05) is 12.1 Å². The van der Waals surface area contributed by atoms with Gasteiger partial charge in [0.15, 0.2) is 5.44 Å². The van der Waals surface area contributed by atoms with Crippen LogP contribution in [0.1, 0.15) is 53.5 Å². The topological polar surface area (TPSA) is 66.4 Å². The third kappa shape index (κ3) is 6.59. The van der Waals surface area contributed by atoms with Gasteiger partial charge in [-0.2, -0.15) is 0 Å². The van der Waals surface area contributed by atoms with E-state index in [9.17, 15) is 13.0 Å². The fourth-order valence-electron chi connectivity index (χ4n) is 2.79. The Morgan fingerprint density at radius 3 is 2.09 bits per heavy atom. The van der Waals surface area contributed by atoms with Crippen LogP contribution in [0.5, 0.6) is 5.75 Å². The van der Waals surface area contributed by atoms with Crippen molar-refractivity contribution in [3.05, 3.63) is 29.8 Å².